The summed E-state index contributed by atoms with van der Waals surface area (Å²) in [7, 11) is 0. The summed E-state index contributed by atoms with van der Waals surface area (Å²) in [5.41, 5.74) is 1.40. The monoisotopic (exact) mass is 369 g/mol. The molecule has 0 radical (unpaired) electrons. The van der Waals surface area contributed by atoms with E-state index in [1.807, 2.05) is 23.6 Å². The lowest BCUT2D eigenvalue weighted by Crippen LogP contribution is -2.13. The number of anilines is 1. The highest BCUT2D eigenvalue weighted by molar-refractivity contribution is 9.10. The third kappa shape index (κ3) is 2.72. The smallest absolute Gasteiger partial charge is 0.268 e. The molecule has 20 heavy (non-hydrogen) atoms. The zero-order valence-corrected chi connectivity index (χ0v) is 13.3. The van der Waals surface area contributed by atoms with Crippen LogP contribution in [0.5, 0.6) is 0 Å². The van der Waals surface area contributed by atoms with Gasteiger partial charge in [-0.05, 0) is 29.6 Å². The van der Waals surface area contributed by atoms with Gasteiger partial charge < -0.3 is 10.3 Å². The van der Waals surface area contributed by atoms with Crippen LogP contribution in [0.4, 0.5) is 5.69 Å². The van der Waals surface area contributed by atoms with Crippen molar-refractivity contribution in [2.24, 2.45) is 0 Å². The third-order valence-corrected chi connectivity index (χ3v) is 4.46. The maximum Gasteiger partial charge on any atom is 0.268 e. The fraction of sp³-hybridized carbons (Fsp3) is 0.0769. The van der Waals surface area contributed by atoms with Crippen molar-refractivity contribution in [2.75, 3.05) is 5.32 Å². The SMILES string of the molecule is O=c1[nH]c(CNc2cc(Br)ccc2Cl)nc2ccsc12. The largest absolute Gasteiger partial charge is 0.377 e. The van der Waals surface area contributed by atoms with Gasteiger partial charge >= 0.3 is 0 Å². The number of aromatic nitrogens is 2. The molecule has 4 nitrogen and oxygen atoms in total. The normalized spacial score (nSPS) is 10.9. The van der Waals surface area contributed by atoms with E-state index in [1.165, 1.54) is 11.3 Å². The summed E-state index contributed by atoms with van der Waals surface area (Å²) >= 11 is 10.9. The summed E-state index contributed by atoms with van der Waals surface area (Å²) in [5, 5.41) is 5.64. The van der Waals surface area contributed by atoms with Crippen LogP contribution in [0, 0.1) is 0 Å². The number of hydrogen-bond acceptors (Lipinski definition) is 4. The number of H-pyrrole nitrogens is 1. The van der Waals surface area contributed by atoms with Gasteiger partial charge in [0.05, 0.1) is 22.8 Å². The molecule has 0 aliphatic carbocycles. The maximum atomic E-state index is 11.8. The standard InChI is InChI=1S/C13H9BrClN3OS/c14-7-1-2-8(15)10(5-7)16-6-11-17-9-3-4-20-12(9)13(19)18-11/h1-5,16H,6H2,(H,17,18,19). The number of aromatic amines is 1. The predicted molar refractivity (Wildman–Crippen MR) is 86.7 cm³/mol. The van der Waals surface area contributed by atoms with Crippen LogP contribution in [0.15, 0.2) is 38.9 Å². The number of fused-ring (bicyclic) bond motifs is 1. The fourth-order valence-corrected chi connectivity index (χ4v) is 3.09. The second-order valence-electron chi connectivity index (χ2n) is 4.13. The summed E-state index contributed by atoms with van der Waals surface area (Å²) in [5.74, 6) is 0.581. The highest BCUT2D eigenvalue weighted by Crippen LogP contribution is 2.26. The first-order chi connectivity index (χ1) is 9.63. The average molecular weight is 371 g/mol. The van der Waals surface area contributed by atoms with E-state index in [-0.39, 0.29) is 5.56 Å². The molecule has 1 aromatic carbocycles. The first-order valence-electron chi connectivity index (χ1n) is 5.79. The van der Waals surface area contributed by atoms with Crippen molar-refractivity contribution in [1.82, 2.24) is 9.97 Å². The fourth-order valence-electron chi connectivity index (χ4n) is 1.82. The van der Waals surface area contributed by atoms with Crippen LogP contribution in [-0.2, 0) is 6.54 Å². The summed E-state index contributed by atoms with van der Waals surface area (Å²) < 4.78 is 1.58. The Morgan fingerprint density at radius 3 is 3.10 bits per heavy atom. The predicted octanol–water partition coefficient (Wildman–Crippen LogP) is 4.01. The van der Waals surface area contributed by atoms with E-state index in [2.05, 4.69) is 31.2 Å². The van der Waals surface area contributed by atoms with E-state index in [0.29, 0.717) is 22.1 Å². The van der Waals surface area contributed by atoms with E-state index in [0.717, 1.165) is 15.7 Å². The Morgan fingerprint density at radius 2 is 2.25 bits per heavy atom. The molecule has 0 amide bonds. The number of hydrogen-bond donors (Lipinski definition) is 2. The van der Waals surface area contributed by atoms with E-state index < -0.39 is 0 Å². The van der Waals surface area contributed by atoms with Crippen molar-refractivity contribution in [3.8, 4) is 0 Å². The van der Waals surface area contributed by atoms with E-state index in [4.69, 9.17) is 11.6 Å². The quantitative estimate of drug-likeness (QED) is 0.732. The van der Waals surface area contributed by atoms with Gasteiger partial charge in [-0.1, -0.05) is 27.5 Å². The molecule has 0 atom stereocenters. The lowest BCUT2D eigenvalue weighted by atomic mass is 10.3. The molecule has 0 aliphatic rings. The number of thiophene rings is 1. The highest BCUT2D eigenvalue weighted by atomic mass is 79.9. The third-order valence-electron chi connectivity index (χ3n) is 2.74. The van der Waals surface area contributed by atoms with Crippen molar-refractivity contribution < 1.29 is 0 Å². The number of nitrogens with one attached hydrogen (secondary N) is 2. The van der Waals surface area contributed by atoms with Gasteiger partial charge in [0.25, 0.3) is 5.56 Å². The molecule has 2 heterocycles. The zero-order chi connectivity index (χ0) is 14.1. The van der Waals surface area contributed by atoms with Crippen LogP contribution in [0.25, 0.3) is 10.2 Å². The minimum Gasteiger partial charge on any atom is -0.377 e. The molecule has 0 saturated carbocycles. The van der Waals surface area contributed by atoms with Gasteiger partial charge in [-0.25, -0.2) is 4.98 Å². The van der Waals surface area contributed by atoms with Crippen LogP contribution >= 0.6 is 38.9 Å². The average Bonchev–Trinajstić information content (AvgIpc) is 2.89. The Bertz CT molecular complexity index is 830. The molecular weight excluding hydrogens is 362 g/mol. The molecule has 0 aliphatic heterocycles. The first kappa shape index (κ1) is 13.6. The first-order valence-corrected chi connectivity index (χ1v) is 7.84. The van der Waals surface area contributed by atoms with Crippen molar-refractivity contribution >= 4 is 54.8 Å². The molecule has 3 aromatic rings. The topological polar surface area (TPSA) is 57.8 Å². The molecule has 102 valence electrons. The minimum atomic E-state index is -0.109. The zero-order valence-electron chi connectivity index (χ0n) is 10.1. The second-order valence-corrected chi connectivity index (χ2v) is 6.36. The van der Waals surface area contributed by atoms with Gasteiger partial charge in [0, 0.05) is 4.47 Å². The summed E-state index contributed by atoms with van der Waals surface area (Å²) in [4.78, 5) is 19.0. The summed E-state index contributed by atoms with van der Waals surface area (Å²) in [6.45, 7) is 0.400. The number of rotatable bonds is 3. The Hall–Kier alpha value is -1.37. The molecule has 2 N–H and O–H groups in total. The van der Waals surface area contributed by atoms with E-state index in [9.17, 15) is 4.79 Å². The van der Waals surface area contributed by atoms with Gasteiger partial charge in [-0.2, -0.15) is 0 Å². The molecule has 0 spiro atoms. The van der Waals surface area contributed by atoms with Crippen LogP contribution < -0.4 is 10.9 Å². The lowest BCUT2D eigenvalue weighted by Gasteiger charge is -2.08. The van der Waals surface area contributed by atoms with Crippen molar-refractivity contribution in [3.05, 3.63) is 55.3 Å². The minimum absolute atomic E-state index is 0.109. The number of halogens is 2. The van der Waals surface area contributed by atoms with Crippen molar-refractivity contribution in [1.29, 1.82) is 0 Å². The molecule has 0 saturated heterocycles. The van der Waals surface area contributed by atoms with Gasteiger partial charge in [0.2, 0.25) is 0 Å². The lowest BCUT2D eigenvalue weighted by molar-refractivity contribution is 0.955. The van der Waals surface area contributed by atoms with Crippen LogP contribution in [0.2, 0.25) is 5.02 Å². The summed E-state index contributed by atoms with van der Waals surface area (Å²) in [6.07, 6.45) is 0. The Kier molecular flexibility index (Phi) is 3.78. The number of benzene rings is 1. The highest BCUT2D eigenvalue weighted by Gasteiger charge is 2.06. The Balaban J connectivity index is 1.86. The van der Waals surface area contributed by atoms with E-state index >= 15 is 0 Å². The van der Waals surface area contributed by atoms with Gasteiger partial charge in [-0.3, -0.25) is 4.79 Å². The van der Waals surface area contributed by atoms with Gasteiger partial charge in [0.15, 0.2) is 0 Å². The van der Waals surface area contributed by atoms with Crippen LogP contribution in [-0.4, -0.2) is 9.97 Å². The van der Waals surface area contributed by atoms with Crippen LogP contribution in [0.3, 0.4) is 0 Å². The Morgan fingerprint density at radius 1 is 1.40 bits per heavy atom. The molecule has 7 heteroatoms. The molecule has 2 aromatic heterocycles. The van der Waals surface area contributed by atoms with Crippen LogP contribution in [0.1, 0.15) is 5.82 Å². The molecule has 0 unspecified atom stereocenters. The van der Waals surface area contributed by atoms with Gasteiger partial charge in [0.1, 0.15) is 10.5 Å². The number of nitrogens with zero attached hydrogens (tertiary/aromatic N) is 1. The molecular formula is C13H9BrClN3OS. The summed E-state index contributed by atoms with van der Waals surface area (Å²) in [6, 6.07) is 7.38. The molecule has 3 rings (SSSR count). The Labute approximate surface area is 131 Å². The van der Waals surface area contributed by atoms with Gasteiger partial charge in [-0.15, -0.1) is 11.3 Å². The second kappa shape index (κ2) is 5.55. The van der Waals surface area contributed by atoms with Crippen molar-refractivity contribution in [3.63, 3.8) is 0 Å². The van der Waals surface area contributed by atoms with Crippen molar-refractivity contribution in [2.45, 2.75) is 6.54 Å². The van der Waals surface area contributed by atoms with E-state index in [1.54, 1.807) is 6.07 Å². The molecule has 0 bridgehead atoms. The maximum absolute atomic E-state index is 11.8. The molecule has 0 fully saturated rings.